The van der Waals surface area contributed by atoms with E-state index in [1.165, 1.54) is 0 Å². The molecule has 8 heteroatoms. The molecule has 0 aliphatic rings. The van der Waals surface area contributed by atoms with Crippen LogP contribution in [0.4, 0.5) is 26.3 Å². The van der Waals surface area contributed by atoms with Gasteiger partial charge in [0, 0.05) is 18.0 Å². The Morgan fingerprint density at radius 3 is 2.17 bits per heavy atom. The highest BCUT2D eigenvalue weighted by atomic mass is 35.5. The van der Waals surface area contributed by atoms with Gasteiger partial charge in [0.1, 0.15) is 5.82 Å². The van der Waals surface area contributed by atoms with Crippen molar-refractivity contribution in [3.63, 3.8) is 0 Å². The van der Waals surface area contributed by atoms with Crippen molar-refractivity contribution in [2.24, 2.45) is 5.73 Å². The number of rotatable bonds is 3. The standard InChI is InChI=1S/C10H9F6N.ClH/c11-7-2-1-5(10(14,15)16)3-6(7)8(17)4-9(12)13;/h1-3,8-9H,4,17H2;1H/t8-;/m0./s1. The molecule has 1 atom stereocenters. The maximum atomic E-state index is 13.2. The maximum Gasteiger partial charge on any atom is 0.416 e. The van der Waals surface area contributed by atoms with Crippen molar-refractivity contribution in [1.29, 1.82) is 0 Å². The van der Waals surface area contributed by atoms with E-state index in [1.54, 1.807) is 0 Å². The van der Waals surface area contributed by atoms with Gasteiger partial charge in [-0.3, -0.25) is 0 Å². The van der Waals surface area contributed by atoms with E-state index in [1.807, 2.05) is 0 Å². The Bertz CT molecular complexity index is 392. The van der Waals surface area contributed by atoms with Gasteiger partial charge in [-0.05, 0) is 18.2 Å². The topological polar surface area (TPSA) is 26.0 Å². The smallest absolute Gasteiger partial charge is 0.324 e. The van der Waals surface area contributed by atoms with Gasteiger partial charge in [-0.25, -0.2) is 13.2 Å². The average Bonchev–Trinajstić information content (AvgIpc) is 2.15. The first-order chi connectivity index (χ1) is 7.71. The number of alkyl halides is 5. The molecule has 0 amide bonds. The van der Waals surface area contributed by atoms with Gasteiger partial charge in [0.25, 0.3) is 0 Å². The Balaban J connectivity index is 0.00000289. The minimum absolute atomic E-state index is 0. The fourth-order valence-corrected chi connectivity index (χ4v) is 1.32. The monoisotopic (exact) mass is 293 g/mol. The number of hydrogen-bond acceptors (Lipinski definition) is 1. The second-order valence-electron chi connectivity index (χ2n) is 3.47. The molecule has 1 nitrogen and oxygen atoms in total. The first kappa shape index (κ1) is 17.1. The normalized spacial score (nSPS) is 13.3. The molecule has 1 aromatic rings. The van der Waals surface area contributed by atoms with Crippen LogP contribution in [0.15, 0.2) is 18.2 Å². The lowest BCUT2D eigenvalue weighted by molar-refractivity contribution is -0.137. The molecule has 2 N–H and O–H groups in total. The van der Waals surface area contributed by atoms with Gasteiger partial charge in [-0.2, -0.15) is 13.2 Å². The van der Waals surface area contributed by atoms with Gasteiger partial charge in [0.2, 0.25) is 6.43 Å². The van der Waals surface area contributed by atoms with Crippen molar-refractivity contribution in [2.75, 3.05) is 0 Å². The second kappa shape index (κ2) is 6.29. The van der Waals surface area contributed by atoms with Crippen molar-refractivity contribution in [2.45, 2.75) is 25.1 Å². The minimum atomic E-state index is -4.66. The molecule has 0 aliphatic carbocycles. The van der Waals surface area contributed by atoms with Crippen LogP contribution in [0.2, 0.25) is 0 Å². The molecule has 1 aromatic carbocycles. The molecule has 0 aromatic heterocycles. The molecule has 0 unspecified atom stereocenters. The molecule has 0 bridgehead atoms. The van der Waals surface area contributed by atoms with Crippen LogP contribution in [0.25, 0.3) is 0 Å². The van der Waals surface area contributed by atoms with E-state index in [0.717, 1.165) is 0 Å². The minimum Gasteiger partial charge on any atom is -0.324 e. The zero-order valence-electron chi connectivity index (χ0n) is 8.85. The van der Waals surface area contributed by atoms with Crippen LogP contribution < -0.4 is 5.73 Å². The lowest BCUT2D eigenvalue weighted by atomic mass is 10.0. The zero-order chi connectivity index (χ0) is 13.2. The van der Waals surface area contributed by atoms with Gasteiger partial charge in [0.15, 0.2) is 0 Å². The third-order valence-electron chi connectivity index (χ3n) is 2.15. The first-order valence-corrected chi connectivity index (χ1v) is 4.62. The van der Waals surface area contributed by atoms with Gasteiger partial charge < -0.3 is 5.73 Å². The molecule has 0 fully saturated rings. The van der Waals surface area contributed by atoms with Crippen molar-refractivity contribution in [3.8, 4) is 0 Å². The molecular weight excluding hydrogens is 284 g/mol. The predicted molar refractivity (Wildman–Crippen MR) is 56.2 cm³/mol. The molecule has 0 radical (unpaired) electrons. The summed E-state index contributed by atoms with van der Waals surface area (Å²) in [4.78, 5) is 0. The van der Waals surface area contributed by atoms with Gasteiger partial charge in [-0.1, -0.05) is 0 Å². The molecular formula is C10H10ClF6N. The molecule has 0 saturated heterocycles. The summed E-state index contributed by atoms with van der Waals surface area (Å²) < 4.78 is 74.1. The molecule has 0 saturated carbocycles. The molecule has 104 valence electrons. The van der Waals surface area contributed by atoms with Crippen molar-refractivity contribution in [3.05, 3.63) is 35.1 Å². The summed E-state index contributed by atoms with van der Waals surface area (Å²) in [5, 5.41) is 0. The number of hydrogen-bond donors (Lipinski definition) is 1. The van der Waals surface area contributed by atoms with E-state index < -0.39 is 42.0 Å². The Kier molecular flexibility index (Phi) is 5.95. The highest BCUT2D eigenvalue weighted by molar-refractivity contribution is 5.85. The van der Waals surface area contributed by atoms with Crippen molar-refractivity contribution < 1.29 is 26.3 Å². The SMILES string of the molecule is Cl.N[C@@H](CC(F)F)c1cc(C(F)(F)F)ccc1F. The highest BCUT2D eigenvalue weighted by Gasteiger charge is 2.31. The average molecular weight is 294 g/mol. The van der Waals surface area contributed by atoms with Crippen molar-refractivity contribution in [1.82, 2.24) is 0 Å². The van der Waals surface area contributed by atoms with Gasteiger partial charge in [-0.15, -0.1) is 12.4 Å². The van der Waals surface area contributed by atoms with Crippen LogP contribution in [0, 0.1) is 5.82 Å². The van der Waals surface area contributed by atoms with Crippen LogP contribution in [0.3, 0.4) is 0 Å². The van der Waals surface area contributed by atoms with E-state index >= 15 is 0 Å². The lowest BCUT2D eigenvalue weighted by Crippen LogP contribution is -2.17. The van der Waals surface area contributed by atoms with Crippen LogP contribution in [0.1, 0.15) is 23.6 Å². The third kappa shape index (κ3) is 4.38. The Labute approximate surface area is 105 Å². The summed E-state index contributed by atoms with van der Waals surface area (Å²) in [7, 11) is 0. The fourth-order valence-electron chi connectivity index (χ4n) is 1.32. The molecule has 1 rings (SSSR count). The molecule has 0 spiro atoms. The number of nitrogens with two attached hydrogens (primary N) is 1. The second-order valence-corrected chi connectivity index (χ2v) is 3.47. The Hall–Kier alpha value is -0.950. The van der Waals surface area contributed by atoms with Crippen LogP contribution >= 0.6 is 12.4 Å². The molecule has 0 aliphatic heterocycles. The van der Waals surface area contributed by atoms with E-state index in [-0.39, 0.29) is 12.4 Å². The van der Waals surface area contributed by atoms with E-state index in [4.69, 9.17) is 5.73 Å². The Morgan fingerprint density at radius 2 is 1.72 bits per heavy atom. The van der Waals surface area contributed by atoms with Crippen LogP contribution in [-0.4, -0.2) is 6.43 Å². The summed E-state index contributed by atoms with van der Waals surface area (Å²) in [6.45, 7) is 0. The summed E-state index contributed by atoms with van der Waals surface area (Å²) in [5.74, 6) is -1.02. The lowest BCUT2D eigenvalue weighted by Gasteiger charge is -2.15. The zero-order valence-corrected chi connectivity index (χ0v) is 9.66. The number of halogens is 7. The van der Waals surface area contributed by atoms with E-state index in [0.29, 0.717) is 18.2 Å². The summed E-state index contributed by atoms with van der Waals surface area (Å²) in [6, 6.07) is 0.108. The van der Waals surface area contributed by atoms with Gasteiger partial charge in [0.05, 0.1) is 5.56 Å². The van der Waals surface area contributed by atoms with Crippen LogP contribution in [0.5, 0.6) is 0 Å². The summed E-state index contributed by atoms with van der Waals surface area (Å²) >= 11 is 0. The van der Waals surface area contributed by atoms with Crippen LogP contribution in [-0.2, 0) is 6.18 Å². The summed E-state index contributed by atoms with van der Waals surface area (Å²) in [6.07, 6.45) is -8.36. The largest absolute Gasteiger partial charge is 0.416 e. The summed E-state index contributed by atoms with van der Waals surface area (Å²) in [5.41, 5.74) is 3.55. The van der Waals surface area contributed by atoms with E-state index in [9.17, 15) is 26.3 Å². The molecule has 0 heterocycles. The first-order valence-electron chi connectivity index (χ1n) is 4.62. The van der Waals surface area contributed by atoms with Gasteiger partial charge >= 0.3 is 6.18 Å². The fraction of sp³-hybridized carbons (Fsp3) is 0.400. The maximum absolute atomic E-state index is 13.2. The quantitative estimate of drug-likeness (QED) is 0.840. The Morgan fingerprint density at radius 1 is 1.17 bits per heavy atom. The number of benzene rings is 1. The van der Waals surface area contributed by atoms with E-state index in [2.05, 4.69) is 0 Å². The highest BCUT2D eigenvalue weighted by Crippen LogP contribution is 2.32. The van der Waals surface area contributed by atoms with Crippen molar-refractivity contribution >= 4 is 12.4 Å². The third-order valence-corrected chi connectivity index (χ3v) is 2.15. The molecule has 18 heavy (non-hydrogen) atoms. The predicted octanol–water partition coefficient (Wildman–Crippen LogP) is 3.92.